The summed E-state index contributed by atoms with van der Waals surface area (Å²) in [4.78, 5) is 33.5. The fraction of sp³-hybridized carbons (Fsp3) is 0.0476. The number of nitro benzene ring substituents is 1. The number of ether oxygens (including phenoxy) is 1. The van der Waals surface area contributed by atoms with Gasteiger partial charge in [0.05, 0.1) is 10.5 Å². The van der Waals surface area contributed by atoms with Crippen molar-refractivity contribution in [3.05, 3.63) is 92.3 Å². The van der Waals surface area contributed by atoms with E-state index in [2.05, 4.69) is 0 Å². The maximum atomic E-state index is 11.9. The van der Waals surface area contributed by atoms with Gasteiger partial charge in [-0.05, 0) is 22.9 Å². The van der Waals surface area contributed by atoms with Crippen molar-refractivity contribution in [1.82, 2.24) is 0 Å². The molecule has 0 N–H and O–H groups in total. The molecule has 138 valence electrons. The van der Waals surface area contributed by atoms with Crippen molar-refractivity contribution in [2.45, 2.75) is 6.61 Å². The van der Waals surface area contributed by atoms with E-state index < -0.39 is 10.5 Å². The largest absolute Gasteiger partial charge is 0.488 e. The van der Waals surface area contributed by atoms with Crippen LogP contribution in [0.3, 0.4) is 0 Å². The van der Waals surface area contributed by atoms with Gasteiger partial charge in [0, 0.05) is 29.1 Å². The fourth-order valence-electron chi connectivity index (χ4n) is 3.16. The molecule has 0 fully saturated rings. The molecular formula is C21H13NO6. The van der Waals surface area contributed by atoms with Crippen molar-refractivity contribution in [1.29, 1.82) is 0 Å². The normalized spacial score (nSPS) is 10.9. The van der Waals surface area contributed by atoms with Gasteiger partial charge < -0.3 is 9.15 Å². The number of aldehydes is 1. The lowest BCUT2D eigenvalue weighted by Crippen LogP contribution is -2.05. The molecule has 0 radical (unpaired) electrons. The van der Waals surface area contributed by atoms with Gasteiger partial charge in [-0.15, -0.1) is 0 Å². The van der Waals surface area contributed by atoms with E-state index >= 15 is 0 Å². The van der Waals surface area contributed by atoms with E-state index in [0.29, 0.717) is 17.4 Å². The van der Waals surface area contributed by atoms with Crippen LogP contribution in [0.15, 0.2) is 69.9 Å². The molecule has 7 nitrogen and oxygen atoms in total. The minimum absolute atomic E-state index is 0.00520. The van der Waals surface area contributed by atoms with Crippen molar-refractivity contribution in [3.63, 3.8) is 0 Å². The number of non-ortho nitro benzene ring substituents is 1. The van der Waals surface area contributed by atoms with Gasteiger partial charge in [0.15, 0.2) is 6.29 Å². The van der Waals surface area contributed by atoms with Crippen molar-refractivity contribution in [3.8, 4) is 5.75 Å². The minimum atomic E-state index is -0.584. The molecule has 4 rings (SSSR count). The van der Waals surface area contributed by atoms with Crippen molar-refractivity contribution in [2.24, 2.45) is 0 Å². The lowest BCUT2D eigenvalue weighted by molar-refractivity contribution is -0.384. The van der Waals surface area contributed by atoms with Gasteiger partial charge in [-0.2, -0.15) is 0 Å². The molecule has 3 aromatic carbocycles. The predicted molar refractivity (Wildman–Crippen MR) is 103 cm³/mol. The number of carbonyl (C=O) groups excluding carboxylic acids is 1. The van der Waals surface area contributed by atoms with Gasteiger partial charge in [0.2, 0.25) is 0 Å². The second-order valence-corrected chi connectivity index (χ2v) is 6.14. The number of benzene rings is 3. The van der Waals surface area contributed by atoms with Crippen LogP contribution in [-0.2, 0) is 6.61 Å². The van der Waals surface area contributed by atoms with Gasteiger partial charge in [0.25, 0.3) is 5.69 Å². The topological polar surface area (TPSA) is 99.6 Å². The van der Waals surface area contributed by atoms with Crippen molar-refractivity contribution >= 4 is 33.7 Å². The molecule has 0 saturated heterocycles. The van der Waals surface area contributed by atoms with E-state index in [1.54, 1.807) is 6.07 Å². The minimum Gasteiger partial charge on any atom is -0.488 e. The maximum absolute atomic E-state index is 11.9. The molecule has 0 aliphatic heterocycles. The molecule has 0 aliphatic rings. The van der Waals surface area contributed by atoms with Gasteiger partial charge in [-0.1, -0.05) is 30.3 Å². The zero-order valence-corrected chi connectivity index (χ0v) is 14.5. The molecule has 1 heterocycles. The molecule has 0 spiro atoms. The molecule has 7 heteroatoms. The van der Waals surface area contributed by atoms with E-state index in [9.17, 15) is 19.7 Å². The van der Waals surface area contributed by atoms with E-state index in [0.717, 1.165) is 22.2 Å². The molecule has 1 aromatic heterocycles. The average Bonchev–Trinajstić information content (AvgIpc) is 2.71. The Bertz CT molecular complexity index is 1290. The Balaban J connectivity index is 1.78. The van der Waals surface area contributed by atoms with Crippen LogP contribution < -0.4 is 10.4 Å². The molecule has 28 heavy (non-hydrogen) atoms. The van der Waals surface area contributed by atoms with Crippen LogP contribution in [0.4, 0.5) is 5.69 Å². The number of fused-ring (bicyclic) bond motifs is 3. The molecular weight excluding hydrogens is 362 g/mol. The molecule has 4 aromatic rings. The van der Waals surface area contributed by atoms with Crippen molar-refractivity contribution in [2.75, 3.05) is 0 Å². The number of nitro groups is 1. The number of hydrogen-bond donors (Lipinski definition) is 0. The van der Waals surface area contributed by atoms with E-state index in [1.165, 1.54) is 18.2 Å². The highest BCUT2D eigenvalue weighted by Crippen LogP contribution is 2.29. The Morgan fingerprint density at radius 3 is 2.68 bits per heavy atom. The third-order valence-electron chi connectivity index (χ3n) is 4.43. The van der Waals surface area contributed by atoms with Crippen LogP contribution in [0.2, 0.25) is 0 Å². The van der Waals surface area contributed by atoms with Gasteiger partial charge in [-0.25, -0.2) is 4.79 Å². The predicted octanol–water partition coefficient (Wildman–Crippen LogP) is 4.25. The third-order valence-corrected chi connectivity index (χ3v) is 4.43. The first kappa shape index (κ1) is 17.4. The number of carbonyl (C=O) groups is 1. The first-order chi connectivity index (χ1) is 13.6. The Kier molecular flexibility index (Phi) is 4.33. The Labute approximate surface area is 157 Å². The lowest BCUT2D eigenvalue weighted by atomic mass is 10.0. The molecule has 0 amide bonds. The summed E-state index contributed by atoms with van der Waals surface area (Å²) in [6, 6.07) is 16.4. The second-order valence-electron chi connectivity index (χ2n) is 6.14. The summed E-state index contributed by atoms with van der Waals surface area (Å²) in [7, 11) is 0. The van der Waals surface area contributed by atoms with Gasteiger partial charge in [0.1, 0.15) is 17.9 Å². The number of rotatable bonds is 5. The third kappa shape index (κ3) is 3.09. The van der Waals surface area contributed by atoms with E-state index in [-0.39, 0.29) is 23.6 Å². The monoisotopic (exact) mass is 375 g/mol. The smallest absolute Gasteiger partial charge is 0.336 e. The van der Waals surface area contributed by atoms with Crippen LogP contribution in [0.5, 0.6) is 5.75 Å². The summed E-state index contributed by atoms with van der Waals surface area (Å²) >= 11 is 0. The van der Waals surface area contributed by atoms with Gasteiger partial charge in [-0.3, -0.25) is 14.9 Å². The lowest BCUT2D eigenvalue weighted by Gasteiger charge is -2.11. The van der Waals surface area contributed by atoms with Crippen molar-refractivity contribution < 1.29 is 18.9 Å². The van der Waals surface area contributed by atoms with E-state index in [1.807, 2.05) is 30.3 Å². The highest BCUT2D eigenvalue weighted by molar-refractivity contribution is 6.07. The molecule has 0 aliphatic carbocycles. The highest BCUT2D eigenvalue weighted by Gasteiger charge is 2.14. The maximum Gasteiger partial charge on any atom is 0.336 e. The second kappa shape index (κ2) is 6.96. The first-order valence-electron chi connectivity index (χ1n) is 8.38. The van der Waals surface area contributed by atoms with Crippen LogP contribution in [0.1, 0.15) is 15.9 Å². The summed E-state index contributed by atoms with van der Waals surface area (Å²) in [6.45, 7) is -0.00520. The Hall–Kier alpha value is -4.00. The molecule has 0 saturated carbocycles. The summed E-state index contributed by atoms with van der Waals surface area (Å²) in [5.74, 6) is 0.197. The van der Waals surface area contributed by atoms with Crippen LogP contribution in [-0.4, -0.2) is 11.2 Å². The molecule has 0 atom stereocenters. The SMILES string of the molecule is O=Cc1cc([N+](=O)[O-])ccc1OCc1cc(=O)oc2ccc3ccccc3c12. The highest BCUT2D eigenvalue weighted by atomic mass is 16.6. The summed E-state index contributed by atoms with van der Waals surface area (Å²) in [5, 5.41) is 13.5. The average molecular weight is 375 g/mol. The molecule has 0 unspecified atom stereocenters. The Morgan fingerprint density at radius 2 is 1.89 bits per heavy atom. The zero-order chi connectivity index (χ0) is 19.7. The summed E-state index contributed by atoms with van der Waals surface area (Å²) in [5.41, 5.74) is 0.376. The standard InChI is InChI=1S/C21H13NO6/c23-11-14-9-16(22(25)26)6-8-18(14)27-12-15-10-20(24)28-19-7-5-13-3-1-2-4-17(13)21(15)19/h1-11H,12H2. The van der Waals surface area contributed by atoms with Gasteiger partial charge >= 0.3 is 5.63 Å². The van der Waals surface area contributed by atoms with Crippen LogP contribution >= 0.6 is 0 Å². The number of hydrogen-bond acceptors (Lipinski definition) is 6. The fourth-order valence-corrected chi connectivity index (χ4v) is 3.16. The summed E-state index contributed by atoms with van der Waals surface area (Å²) in [6.07, 6.45) is 0.495. The van der Waals surface area contributed by atoms with Crippen LogP contribution in [0.25, 0.3) is 21.7 Å². The Morgan fingerprint density at radius 1 is 1.07 bits per heavy atom. The zero-order valence-electron chi connectivity index (χ0n) is 14.5. The summed E-state index contributed by atoms with van der Waals surface area (Å²) < 4.78 is 11.0. The molecule has 0 bridgehead atoms. The first-order valence-corrected chi connectivity index (χ1v) is 8.38. The van der Waals surface area contributed by atoms with Crippen LogP contribution in [0, 0.1) is 10.1 Å². The quantitative estimate of drug-likeness (QED) is 0.170. The van der Waals surface area contributed by atoms with E-state index in [4.69, 9.17) is 9.15 Å². The number of nitrogens with zero attached hydrogens (tertiary/aromatic N) is 1.